The van der Waals surface area contributed by atoms with Crippen LogP contribution in [0.1, 0.15) is 11.1 Å². The SMILES string of the molecule is CO[C@@H]1OC(CO)[C@@H](OC)[C@H](OC(=O)Nc2ccc(C)cc2)C1OC(=O)Nc1ccc(C)cc1. The molecule has 2 amide bonds. The molecule has 0 aliphatic carbocycles. The van der Waals surface area contributed by atoms with Crippen LogP contribution < -0.4 is 10.6 Å². The number of aryl methyl sites for hydroxylation is 2. The zero-order chi connectivity index (χ0) is 24.7. The normalized spacial score (nSPS) is 24.2. The molecular weight excluding hydrogens is 444 g/mol. The van der Waals surface area contributed by atoms with Gasteiger partial charge in [0, 0.05) is 25.6 Å². The highest BCUT2D eigenvalue weighted by Gasteiger charge is 2.51. The standard InChI is InChI=1S/C24H30N2O8/c1-14-5-9-16(10-6-14)25-23(28)33-20-19(30-3)18(13-27)32-22(31-4)21(20)34-24(29)26-17-11-7-15(2)8-12-17/h5-12,18-22,27H,13H2,1-4H3,(H,25,28)(H,26,29)/t18?,19-,20+,21?,22-/m1/s1. The van der Waals surface area contributed by atoms with Crippen LogP contribution >= 0.6 is 0 Å². The predicted molar refractivity (Wildman–Crippen MR) is 124 cm³/mol. The van der Waals surface area contributed by atoms with Gasteiger partial charge in [0.1, 0.15) is 12.2 Å². The van der Waals surface area contributed by atoms with Gasteiger partial charge in [0.05, 0.1) is 6.61 Å². The molecule has 10 heteroatoms. The van der Waals surface area contributed by atoms with Crippen molar-refractivity contribution in [3.8, 4) is 0 Å². The van der Waals surface area contributed by atoms with Crippen molar-refractivity contribution in [2.24, 2.45) is 0 Å². The summed E-state index contributed by atoms with van der Waals surface area (Å²) in [5, 5.41) is 15.0. The molecule has 0 aromatic heterocycles. The van der Waals surface area contributed by atoms with Crippen LogP contribution in [0.25, 0.3) is 0 Å². The van der Waals surface area contributed by atoms with Crippen LogP contribution in [0.4, 0.5) is 21.0 Å². The number of hydrogen-bond donors (Lipinski definition) is 3. The third kappa shape index (κ3) is 6.45. The number of anilines is 2. The second-order valence-corrected chi connectivity index (χ2v) is 7.88. The molecule has 0 bridgehead atoms. The lowest BCUT2D eigenvalue weighted by atomic mass is 9.98. The Kier molecular flexibility index (Phi) is 8.83. The fourth-order valence-electron chi connectivity index (χ4n) is 3.58. The Labute approximate surface area is 198 Å². The Morgan fingerprint density at radius 1 is 0.794 bits per heavy atom. The Hall–Kier alpha value is -3.18. The van der Waals surface area contributed by atoms with E-state index in [1.54, 1.807) is 24.3 Å². The number of ether oxygens (including phenoxy) is 5. The first-order valence-electron chi connectivity index (χ1n) is 10.7. The van der Waals surface area contributed by atoms with Gasteiger partial charge in [0.2, 0.25) is 0 Å². The first-order valence-corrected chi connectivity index (χ1v) is 10.7. The summed E-state index contributed by atoms with van der Waals surface area (Å²) in [4.78, 5) is 25.3. The van der Waals surface area contributed by atoms with E-state index in [1.807, 2.05) is 38.1 Å². The van der Waals surface area contributed by atoms with Crippen molar-refractivity contribution in [1.29, 1.82) is 0 Å². The molecule has 3 N–H and O–H groups in total. The molecule has 1 aliphatic heterocycles. The molecule has 1 aliphatic rings. The van der Waals surface area contributed by atoms with Crippen molar-refractivity contribution >= 4 is 23.6 Å². The first-order chi connectivity index (χ1) is 16.3. The van der Waals surface area contributed by atoms with Crippen LogP contribution in [-0.4, -0.2) is 68.8 Å². The van der Waals surface area contributed by atoms with E-state index in [0.29, 0.717) is 11.4 Å². The van der Waals surface area contributed by atoms with Gasteiger partial charge in [0.15, 0.2) is 18.5 Å². The highest BCUT2D eigenvalue weighted by atomic mass is 16.7. The second kappa shape index (κ2) is 11.8. The van der Waals surface area contributed by atoms with Crippen LogP contribution in [0.2, 0.25) is 0 Å². The van der Waals surface area contributed by atoms with Crippen molar-refractivity contribution in [2.45, 2.75) is 44.6 Å². The lowest BCUT2D eigenvalue weighted by Crippen LogP contribution is -2.62. The van der Waals surface area contributed by atoms with E-state index in [1.165, 1.54) is 14.2 Å². The van der Waals surface area contributed by atoms with Gasteiger partial charge in [-0.3, -0.25) is 10.6 Å². The quantitative estimate of drug-likeness (QED) is 0.559. The van der Waals surface area contributed by atoms with E-state index >= 15 is 0 Å². The van der Waals surface area contributed by atoms with Gasteiger partial charge in [-0.15, -0.1) is 0 Å². The van der Waals surface area contributed by atoms with Crippen molar-refractivity contribution in [3.05, 3.63) is 59.7 Å². The van der Waals surface area contributed by atoms with Gasteiger partial charge >= 0.3 is 12.2 Å². The summed E-state index contributed by atoms with van der Waals surface area (Å²) in [6.07, 6.45) is -6.86. The number of aliphatic hydroxyl groups is 1. The maximum atomic E-state index is 12.7. The van der Waals surface area contributed by atoms with Crippen LogP contribution in [0, 0.1) is 13.8 Å². The maximum absolute atomic E-state index is 12.7. The lowest BCUT2D eigenvalue weighted by Gasteiger charge is -2.43. The van der Waals surface area contributed by atoms with Gasteiger partial charge in [-0.2, -0.15) is 0 Å². The number of aliphatic hydroxyl groups excluding tert-OH is 1. The minimum absolute atomic E-state index is 0.430. The number of benzene rings is 2. The van der Waals surface area contributed by atoms with Crippen LogP contribution in [0.3, 0.4) is 0 Å². The zero-order valence-corrected chi connectivity index (χ0v) is 19.5. The number of carbonyl (C=O) groups is 2. The van der Waals surface area contributed by atoms with Crippen molar-refractivity contribution < 1.29 is 38.4 Å². The Morgan fingerprint density at radius 3 is 1.68 bits per heavy atom. The lowest BCUT2D eigenvalue weighted by molar-refractivity contribution is -0.295. The molecule has 1 fully saturated rings. The predicted octanol–water partition coefficient (Wildman–Crippen LogP) is 3.22. The highest BCUT2D eigenvalue weighted by Crippen LogP contribution is 2.29. The number of methoxy groups -OCH3 is 2. The minimum atomic E-state index is -1.19. The van der Waals surface area contributed by atoms with E-state index < -0.39 is 49.5 Å². The molecule has 184 valence electrons. The van der Waals surface area contributed by atoms with E-state index in [4.69, 9.17) is 23.7 Å². The molecule has 0 radical (unpaired) electrons. The molecule has 2 aromatic rings. The van der Waals surface area contributed by atoms with E-state index in [2.05, 4.69) is 10.6 Å². The number of carbonyl (C=O) groups excluding carboxylic acids is 2. The smallest absolute Gasteiger partial charge is 0.412 e. The average molecular weight is 475 g/mol. The number of amides is 2. The van der Waals surface area contributed by atoms with Crippen LogP contribution in [-0.2, 0) is 23.7 Å². The van der Waals surface area contributed by atoms with Crippen molar-refractivity contribution in [2.75, 3.05) is 31.5 Å². The fraction of sp³-hybridized carbons (Fsp3) is 0.417. The van der Waals surface area contributed by atoms with E-state index in [9.17, 15) is 14.7 Å². The number of nitrogens with one attached hydrogen (secondary N) is 2. The van der Waals surface area contributed by atoms with Gasteiger partial charge in [-0.05, 0) is 38.1 Å². The number of rotatable bonds is 7. The molecule has 5 atom stereocenters. The van der Waals surface area contributed by atoms with E-state index in [-0.39, 0.29) is 0 Å². The Morgan fingerprint density at radius 2 is 1.26 bits per heavy atom. The van der Waals surface area contributed by atoms with Gasteiger partial charge in [0.25, 0.3) is 0 Å². The molecule has 2 unspecified atom stereocenters. The summed E-state index contributed by atoms with van der Waals surface area (Å²) in [5.41, 5.74) is 3.11. The van der Waals surface area contributed by atoms with Crippen molar-refractivity contribution in [3.63, 3.8) is 0 Å². The maximum Gasteiger partial charge on any atom is 0.412 e. The van der Waals surface area contributed by atoms with Gasteiger partial charge in [-0.25, -0.2) is 9.59 Å². The van der Waals surface area contributed by atoms with Crippen LogP contribution in [0.5, 0.6) is 0 Å². The summed E-state index contributed by atoms with van der Waals surface area (Å²) in [7, 11) is 2.73. The first kappa shape index (κ1) is 25.4. The monoisotopic (exact) mass is 474 g/mol. The summed E-state index contributed by atoms with van der Waals surface area (Å²) in [6.45, 7) is 3.42. The summed E-state index contributed by atoms with van der Waals surface area (Å²) < 4.78 is 27.7. The molecule has 0 spiro atoms. The zero-order valence-electron chi connectivity index (χ0n) is 19.5. The average Bonchev–Trinajstić information content (AvgIpc) is 2.82. The minimum Gasteiger partial charge on any atom is -0.439 e. The summed E-state index contributed by atoms with van der Waals surface area (Å²) >= 11 is 0. The topological polar surface area (TPSA) is 125 Å². The fourth-order valence-corrected chi connectivity index (χ4v) is 3.58. The molecule has 0 saturated carbocycles. The third-order valence-corrected chi connectivity index (χ3v) is 5.36. The van der Waals surface area contributed by atoms with Gasteiger partial charge in [-0.1, -0.05) is 35.4 Å². The van der Waals surface area contributed by atoms with E-state index in [0.717, 1.165) is 11.1 Å². The molecular formula is C24H30N2O8. The Balaban J connectivity index is 1.78. The summed E-state index contributed by atoms with van der Waals surface area (Å²) in [5.74, 6) is 0. The summed E-state index contributed by atoms with van der Waals surface area (Å²) in [6, 6.07) is 14.3. The van der Waals surface area contributed by atoms with Crippen LogP contribution in [0.15, 0.2) is 48.5 Å². The van der Waals surface area contributed by atoms with Gasteiger partial charge < -0.3 is 28.8 Å². The molecule has 3 rings (SSSR count). The molecule has 1 saturated heterocycles. The Bertz CT molecular complexity index is 950. The molecule has 1 heterocycles. The second-order valence-electron chi connectivity index (χ2n) is 7.88. The highest BCUT2D eigenvalue weighted by molar-refractivity contribution is 5.85. The number of hydrogen-bond acceptors (Lipinski definition) is 8. The third-order valence-electron chi connectivity index (χ3n) is 5.36. The molecule has 10 nitrogen and oxygen atoms in total. The molecule has 2 aromatic carbocycles. The molecule has 34 heavy (non-hydrogen) atoms. The largest absolute Gasteiger partial charge is 0.439 e. The van der Waals surface area contributed by atoms with Crippen molar-refractivity contribution in [1.82, 2.24) is 0 Å².